The Labute approximate surface area is 103 Å². The lowest BCUT2D eigenvalue weighted by atomic mass is 9.92. The number of hydrogen-bond donors (Lipinski definition) is 1. The monoisotopic (exact) mass is 227 g/mol. The highest BCUT2D eigenvalue weighted by atomic mass is 14.8. The van der Waals surface area contributed by atoms with Crippen molar-refractivity contribution in [2.24, 2.45) is 5.41 Å². The molecule has 0 heterocycles. The molecule has 0 unspecified atom stereocenters. The first-order valence-electron chi connectivity index (χ1n) is 7.27. The Morgan fingerprint density at radius 3 is 1.88 bits per heavy atom. The Morgan fingerprint density at radius 2 is 1.31 bits per heavy atom. The van der Waals surface area contributed by atoms with Gasteiger partial charge in [0.25, 0.3) is 0 Å². The van der Waals surface area contributed by atoms with Crippen LogP contribution < -0.4 is 5.32 Å². The molecule has 1 nitrogen and oxygen atoms in total. The first-order valence-corrected chi connectivity index (χ1v) is 7.27. The van der Waals surface area contributed by atoms with Gasteiger partial charge in [-0.05, 0) is 31.3 Å². The molecule has 0 amide bonds. The van der Waals surface area contributed by atoms with Gasteiger partial charge in [-0.25, -0.2) is 0 Å². The van der Waals surface area contributed by atoms with Gasteiger partial charge in [-0.15, -0.1) is 0 Å². The molecule has 0 aromatic heterocycles. The maximum atomic E-state index is 3.54. The maximum absolute atomic E-state index is 3.54. The Bertz CT molecular complexity index is 135. The molecule has 98 valence electrons. The minimum Gasteiger partial charge on any atom is -0.317 e. The topological polar surface area (TPSA) is 12.0 Å². The van der Waals surface area contributed by atoms with Gasteiger partial charge in [0.15, 0.2) is 0 Å². The van der Waals surface area contributed by atoms with Gasteiger partial charge >= 0.3 is 0 Å². The second-order valence-corrected chi connectivity index (χ2v) is 6.18. The van der Waals surface area contributed by atoms with Crippen molar-refractivity contribution >= 4 is 0 Å². The minimum atomic E-state index is 0.479. The fraction of sp³-hybridized carbons (Fsp3) is 1.00. The molecule has 1 N–H and O–H groups in total. The SMILES string of the molecule is CCCCCCCCCNCCC(C)(C)C. The van der Waals surface area contributed by atoms with Crippen molar-refractivity contribution in [3.05, 3.63) is 0 Å². The van der Waals surface area contributed by atoms with Crippen molar-refractivity contribution < 1.29 is 0 Å². The van der Waals surface area contributed by atoms with Crippen LogP contribution in [0.2, 0.25) is 0 Å². The van der Waals surface area contributed by atoms with E-state index in [4.69, 9.17) is 0 Å². The van der Waals surface area contributed by atoms with Crippen molar-refractivity contribution in [1.82, 2.24) is 5.32 Å². The zero-order valence-electron chi connectivity index (χ0n) is 12.1. The average molecular weight is 227 g/mol. The molecule has 0 aliphatic rings. The molecule has 16 heavy (non-hydrogen) atoms. The van der Waals surface area contributed by atoms with Crippen LogP contribution in [0.15, 0.2) is 0 Å². The van der Waals surface area contributed by atoms with E-state index in [2.05, 4.69) is 33.0 Å². The van der Waals surface area contributed by atoms with Gasteiger partial charge in [0, 0.05) is 0 Å². The van der Waals surface area contributed by atoms with Crippen LogP contribution in [-0.4, -0.2) is 13.1 Å². The summed E-state index contributed by atoms with van der Waals surface area (Å²) in [5.41, 5.74) is 0.479. The molecule has 0 radical (unpaired) electrons. The van der Waals surface area contributed by atoms with E-state index < -0.39 is 0 Å². The highest BCUT2D eigenvalue weighted by molar-refractivity contribution is 4.62. The van der Waals surface area contributed by atoms with Gasteiger partial charge in [0.05, 0.1) is 0 Å². The number of rotatable bonds is 10. The van der Waals surface area contributed by atoms with Crippen molar-refractivity contribution in [2.45, 2.75) is 79.1 Å². The van der Waals surface area contributed by atoms with Crippen LogP contribution in [0.5, 0.6) is 0 Å². The van der Waals surface area contributed by atoms with Crippen molar-refractivity contribution in [1.29, 1.82) is 0 Å². The summed E-state index contributed by atoms with van der Waals surface area (Å²) in [7, 11) is 0. The summed E-state index contributed by atoms with van der Waals surface area (Å²) in [6.07, 6.45) is 11.1. The molecule has 0 atom stereocenters. The molecule has 0 aromatic carbocycles. The van der Waals surface area contributed by atoms with Crippen molar-refractivity contribution in [3.8, 4) is 0 Å². The maximum Gasteiger partial charge on any atom is -0.00439 e. The Balaban J connectivity index is 2.99. The summed E-state index contributed by atoms with van der Waals surface area (Å²) >= 11 is 0. The molecule has 0 aliphatic heterocycles. The molecule has 0 aromatic rings. The quantitative estimate of drug-likeness (QED) is 0.530. The van der Waals surface area contributed by atoms with Gasteiger partial charge in [-0.2, -0.15) is 0 Å². The summed E-state index contributed by atoms with van der Waals surface area (Å²) in [4.78, 5) is 0. The second kappa shape index (κ2) is 10.1. The van der Waals surface area contributed by atoms with E-state index >= 15 is 0 Å². The predicted octanol–water partition coefficient (Wildman–Crippen LogP) is 4.76. The molecule has 0 saturated heterocycles. The molecule has 1 heteroatoms. The lowest BCUT2D eigenvalue weighted by Crippen LogP contribution is -2.21. The van der Waals surface area contributed by atoms with Crippen molar-refractivity contribution in [2.75, 3.05) is 13.1 Å². The fourth-order valence-electron chi connectivity index (χ4n) is 1.80. The fourth-order valence-corrected chi connectivity index (χ4v) is 1.80. The predicted molar refractivity (Wildman–Crippen MR) is 74.9 cm³/mol. The molecule has 0 rings (SSSR count). The number of unbranched alkanes of at least 4 members (excludes halogenated alkanes) is 6. The van der Waals surface area contributed by atoms with E-state index in [0.717, 1.165) is 0 Å². The Kier molecular flexibility index (Phi) is 10.1. The zero-order valence-corrected chi connectivity index (χ0v) is 12.1. The lowest BCUT2D eigenvalue weighted by molar-refractivity contribution is 0.366. The molecular weight excluding hydrogens is 194 g/mol. The Morgan fingerprint density at radius 1 is 0.750 bits per heavy atom. The van der Waals surface area contributed by atoms with Gasteiger partial charge < -0.3 is 5.32 Å². The third kappa shape index (κ3) is 14.0. The number of hydrogen-bond acceptors (Lipinski definition) is 1. The van der Waals surface area contributed by atoms with E-state index in [-0.39, 0.29) is 0 Å². The van der Waals surface area contributed by atoms with E-state index in [0.29, 0.717) is 5.41 Å². The van der Waals surface area contributed by atoms with E-state index in [9.17, 15) is 0 Å². The van der Waals surface area contributed by atoms with Gasteiger partial charge in [0.2, 0.25) is 0 Å². The van der Waals surface area contributed by atoms with Crippen LogP contribution in [0, 0.1) is 5.41 Å². The molecule has 0 aliphatic carbocycles. The van der Waals surface area contributed by atoms with E-state index in [1.807, 2.05) is 0 Å². The molecule has 0 bridgehead atoms. The highest BCUT2D eigenvalue weighted by Gasteiger charge is 2.08. The van der Waals surface area contributed by atoms with Gasteiger partial charge in [0.1, 0.15) is 0 Å². The summed E-state index contributed by atoms with van der Waals surface area (Å²) in [6.45, 7) is 11.6. The molecule has 0 spiro atoms. The summed E-state index contributed by atoms with van der Waals surface area (Å²) in [5, 5.41) is 3.54. The third-order valence-corrected chi connectivity index (χ3v) is 3.01. The largest absolute Gasteiger partial charge is 0.317 e. The normalized spacial score (nSPS) is 12.0. The van der Waals surface area contributed by atoms with E-state index in [1.54, 1.807) is 0 Å². The first kappa shape index (κ1) is 16.0. The highest BCUT2D eigenvalue weighted by Crippen LogP contribution is 2.16. The van der Waals surface area contributed by atoms with Gasteiger partial charge in [-0.1, -0.05) is 66.2 Å². The molecule has 0 fully saturated rings. The summed E-state index contributed by atoms with van der Waals surface area (Å²) in [6, 6.07) is 0. The summed E-state index contributed by atoms with van der Waals surface area (Å²) in [5.74, 6) is 0. The lowest BCUT2D eigenvalue weighted by Gasteiger charge is -2.17. The zero-order chi connectivity index (χ0) is 12.3. The van der Waals surface area contributed by atoms with Crippen LogP contribution in [0.1, 0.15) is 79.1 Å². The van der Waals surface area contributed by atoms with E-state index in [1.165, 1.54) is 64.5 Å². The summed E-state index contributed by atoms with van der Waals surface area (Å²) < 4.78 is 0. The number of nitrogens with one attached hydrogen (secondary N) is 1. The standard InChI is InChI=1S/C15H33N/c1-5-6-7-8-9-10-11-13-16-14-12-15(2,3)4/h16H,5-14H2,1-4H3. The minimum absolute atomic E-state index is 0.479. The Hall–Kier alpha value is -0.0400. The van der Waals surface area contributed by atoms with Gasteiger partial charge in [-0.3, -0.25) is 0 Å². The smallest absolute Gasteiger partial charge is 0.00439 e. The molecular formula is C15H33N. The van der Waals surface area contributed by atoms with Crippen molar-refractivity contribution in [3.63, 3.8) is 0 Å². The second-order valence-electron chi connectivity index (χ2n) is 6.18. The van der Waals surface area contributed by atoms with Crippen LogP contribution in [0.4, 0.5) is 0 Å². The van der Waals surface area contributed by atoms with Crippen LogP contribution in [-0.2, 0) is 0 Å². The average Bonchev–Trinajstić information content (AvgIpc) is 2.19. The molecule has 0 saturated carbocycles. The van der Waals surface area contributed by atoms with Crippen LogP contribution >= 0.6 is 0 Å². The third-order valence-electron chi connectivity index (χ3n) is 3.01. The van der Waals surface area contributed by atoms with Crippen LogP contribution in [0.3, 0.4) is 0 Å². The first-order chi connectivity index (χ1) is 7.56. The van der Waals surface area contributed by atoms with Crippen LogP contribution in [0.25, 0.3) is 0 Å².